The molecule has 0 saturated heterocycles. The molecule has 2 N–H and O–H groups in total. The predicted molar refractivity (Wildman–Crippen MR) is 150 cm³/mol. The minimum absolute atomic E-state index is 0.0324. The first-order valence-electron chi connectivity index (χ1n) is 13.4. The summed E-state index contributed by atoms with van der Waals surface area (Å²) in [6, 6.07) is 26.2. The van der Waals surface area contributed by atoms with E-state index < -0.39 is 5.97 Å². The Balaban J connectivity index is 1.45. The number of carbonyl (C=O) groups excluding carboxylic acids is 1. The highest BCUT2D eigenvalue weighted by Crippen LogP contribution is 2.39. The lowest BCUT2D eigenvalue weighted by atomic mass is 9.82. The van der Waals surface area contributed by atoms with Crippen LogP contribution in [0.25, 0.3) is 16.6 Å². The van der Waals surface area contributed by atoms with E-state index in [2.05, 4.69) is 41.7 Å². The first-order chi connectivity index (χ1) is 18.5. The molecule has 5 rings (SSSR count). The number of carboxylic acid groups (broad SMARTS) is 1. The van der Waals surface area contributed by atoms with E-state index >= 15 is 0 Å². The van der Waals surface area contributed by atoms with Crippen LogP contribution in [0, 0.1) is 5.92 Å². The number of hydrogen-bond acceptors (Lipinski definition) is 4. The van der Waals surface area contributed by atoms with Crippen molar-refractivity contribution in [1.29, 1.82) is 0 Å². The number of anilines is 1. The maximum Gasteiger partial charge on any atom is 0.305 e. The van der Waals surface area contributed by atoms with Gasteiger partial charge in [0.05, 0.1) is 29.4 Å². The number of para-hydroxylation sites is 2. The highest BCUT2D eigenvalue weighted by molar-refractivity contribution is 5.94. The van der Waals surface area contributed by atoms with Crippen LogP contribution in [0.3, 0.4) is 0 Å². The van der Waals surface area contributed by atoms with Crippen molar-refractivity contribution in [3.05, 3.63) is 90.1 Å². The molecule has 1 aromatic heterocycles. The molecule has 0 bridgehead atoms. The molecule has 7 heteroatoms. The largest absolute Gasteiger partial charge is 0.481 e. The van der Waals surface area contributed by atoms with Gasteiger partial charge in [0.2, 0.25) is 0 Å². The van der Waals surface area contributed by atoms with Gasteiger partial charge in [-0.25, -0.2) is 4.68 Å². The topological polar surface area (TPSA) is 87.5 Å². The maximum atomic E-state index is 12.7. The van der Waals surface area contributed by atoms with E-state index in [9.17, 15) is 9.59 Å². The van der Waals surface area contributed by atoms with Crippen molar-refractivity contribution < 1.29 is 14.7 Å². The first kappa shape index (κ1) is 25.5. The number of carbonyl (C=O) groups is 2. The molecule has 1 atom stereocenters. The fourth-order valence-corrected chi connectivity index (χ4v) is 5.44. The summed E-state index contributed by atoms with van der Waals surface area (Å²) in [5, 5.41) is 19.0. The number of nitrogens with zero attached hydrogens (tertiary/aromatic N) is 3. The van der Waals surface area contributed by atoms with Crippen LogP contribution in [0.5, 0.6) is 0 Å². The van der Waals surface area contributed by atoms with Gasteiger partial charge < -0.3 is 15.3 Å². The molecule has 196 valence electrons. The molecule has 7 nitrogen and oxygen atoms in total. The number of carboxylic acids is 1. The molecule has 1 heterocycles. The second-order valence-electron chi connectivity index (χ2n) is 10.1. The van der Waals surface area contributed by atoms with Gasteiger partial charge in [-0.2, -0.15) is 5.10 Å². The molecular weight excluding hydrogens is 476 g/mol. The van der Waals surface area contributed by atoms with Crippen molar-refractivity contribution in [2.45, 2.75) is 44.6 Å². The number of hydrogen-bond donors (Lipinski definition) is 2. The Morgan fingerprint density at radius 3 is 2.37 bits per heavy atom. The van der Waals surface area contributed by atoms with Gasteiger partial charge in [-0.3, -0.25) is 9.59 Å². The Bertz CT molecular complexity index is 1390. The van der Waals surface area contributed by atoms with Crippen molar-refractivity contribution in [3.63, 3.8) is 0 Å². The summed E-state index contributed by atoms with van der Waals surface area (Å²) in [5.41, 5.74) is 4.64. The zero-order chi connectivity index (χ0) is 26.5. The van der Waals surface area contributed by atoms with Crippen molar-refractivity contribution in [3.8, 4) is 5.69 Å². The third-order valence-electron chi connectivity index (χ3n) is 7.49. The van der Waals surface area contributed by atoms with Gasteiger partial charge in [-0.1, -0.05) is 55.7 Å². The summed E-state index contributed by atoms with van der Waals surface area (Å²) in [6.45, 7) is 0.176. The Morgan fingerprint density at radius 1 is 0.974 bits per heavy atom. The average molecular weight is 511 g/mol. The number of aromatic nitrogens is 2. The standard InChI is InChI=1S/C31H34N4O3/c1-34(21-20-28(36)37)31(38)23-16-18-24(19-17-23)32-29(22-10-4-2-5-11-22)30-26-14-8-9-15-27(26)35(33-30)25-12-6-3-7-13-25/h3,6-9,12-19,22,29,32H,2,4-5,10-11,20-21H2,1H3,(H,36,37). The molecule has 1 unspecified atom stereocenters. The number of fused-ring (bicyclic) bond motifs is 1. The third kappa shape index (κ3) is 5.57. The van der Waals surface area contributed by atoms with E-state index in [-0.39, 0.29) is 24.9 Å². The third-order valence-corrected chi connectivity index (χ3v) is 7.49. The zero-order valence-corrected chi connectivity index (χ0v) is 21.7. The van der Waals surface area contributed by atoms with Gasteiger partial charge in [0.25, 0.3) is 5.91 Å². The highest BCUT2D eigenvalue weighted by atomic mass is 16.4. The molecule has 0 radical (unpaired) electrons. The van der Waals surface area contributed by atoms with Crippen LogP contribution in [0.1, 0.15) is 60.6 Å². The Hall–Kier alpha value is -4.13. The van der Waals surface area contributed by atoms with Crippen LogP contribution < -0.4 is 5.32 Å². The smallest absolute Gasteiger partial charge is 0.305 e. The average Bonchev–Trinajstić information content (AvgIpc) is 3.35. The van der Waals surface area contributed by atoms with Crippen molar-refractivity contribution in [2.75, 3.05) is 18.9 Å². The molecule has 1 aliphatic rings. The number of rotatable bonds is 9. The lowest BCUT2D eigenvalue weighted by molar-refractivity contribution is -0.137. The molecule has 38 heavy (non-hydrogen) atoms. The van der Waals surface area contributed by atoms with Gasteiger partial charge in [-0.05, 0) is 61.2 Å². The normalized spacial score (nSPS) is 14.8. The SMILES string of the molecule is CN(CCC(=O)O)C(=O)c1ccc(NC(c2nn(-c3ccccc3)c3ccccc23)C2CCCCC2)cc1. The Morgan fingerprint density at radius 2 is 1.66 bits per heavy atom. The van der Waals surface area contributed by atoms with Crippen LogP contribution in [0.4, 0.5) is 5.69 Å². The summed E-state index contributed by atoms with van der Waals surface area (Å²) in [6.07, 6.45) is 5.93. The van der Waals surface area contributed by atoms with Gasteiger partial charge in [0.1, 0.15) is 0 Å². The molecule has 4 aromatic rings. The molecule has 1 saturated carbocycles. The van der Waals surface area contributed by atoms with Crippen LogP contribution in [0.2, 0.25) is 0 Å². The molecule has 1 fully saturated rings. The second kappa shape index (κ2) is 11.5. The first-order valence-corrected chi connectivity index (χ1v) is 13.4. The van der Waals surface area contributed by atoms with E-state index in [1.165, 1.54) is 24.2 Å². The monoisotopic (exact) mass is 510 g/mol. The zero-order valence-electron chi connectivity index (χ0n) is 21.7. The second-order valence-corrected chi connectivity index (χ2v) is 10.1. The molecule has 0 aliphatic heterocycles. The molecule has 0 spiro atoms. The van der Waals surface area contributed by atoms with Gasteiger partial charge in [-0.15, -0.1) is 0 Å². The maximum absolute atomic E-state index is 12.7. The lowest BCUT2D eigenvalue weighted by Gasteiger charge is -2.31. The molecule has 3 aromatic carbocycles. The molecular formula is C31H34N4O3. The Labute approximate surface area is 223 Å². The van der Waals surface area contributed by atoms with Crippen LogP contribution in [0.15, 0.2) is 78.9 Å². The number of nitrogens with one attached hydrogen (secondary N) is 1. The van der Waals surface area contributed by atoms with Crippen molar-refractivity contribution in [2.24, 2.45) is 5.92 Å². The Kier molecular flexibility index (Phi) is 7.73. The van der Waals surface area contributed by atoms with E-state index in [0.717, 1.165) is 40.8 Å². The number of amides is 1. The van der Waals surface area contributed by atoms with Crippen LogP contribution in [-0.2, 0) is 4.79 Å². The van der Waals surface area contributed by atoms with Gasteiger partial charge in [0, 0.05) is 30.2 Å². The summed E-state index contributed by atoms with van der Waals surface area (Å²) in [7, 11) is 1.63. The van der Waals surface area contributed by atoms with Gasteiger partial charge in [0.15, 0.2) is 0 Å². The predicted octanol–water partition coefficient (Wildman–Crippen LogP) is 6.31. The summed E-state index contributed by atoms with van der Waals surface area (Å²) in [5.74, 6) is -0.649. The molecule has 1 amide bonds. The summed E-state index contributed by atoms with van der Waals surface area (Å²) in [4.78, 5) is 25.1. The summed E-state index contributed by atoms with van der Waals surface area (Å²) >= 11 is 0. The van der Waals surface area contributed by atoms with Crippen molar-refractivity contribution in [1.82, 2.24) is 14.7 Å². The molecule has 1 aliphatic carbocycles. The van der Waals surface area contributed by atoms with E-state index in [1.807, 2.05) is 35.0 Å². The quantitative estimate of drug-likeness (QED) is 0.276. The fourth-order valence-electron chi connectivity index (χ4n) is 5.44. The minimum atomic E-state index is -0.916. The van der Waals surface area contributed by atoms with Gasteiger partial charge >= 0.3 is 5.97 Å². The van der Waals surface area contributed by atoms with Crippen LogP contribution >= 0.6 is 0 Å². The van der Waals surface area contributed by atoms with Crippen molar-refractivity contribution >= 4 is 28.5 Å². The highest BCUT2D eigenvalue weighted by Gasteiger charge is 2.29. The van der Waals surface area contributed by atoms with E-state index in [0.29, 0.717) is 11.5 Å². The number of benzene rings is 3. The number of aliphatic carboxylic acids is 1. The minimum Gasteiger partial charge on any atom is -0.481 e. The fraction of sp³-hybridized carbons (Fsp3) is 0.323. The van der Waals surface area contributed by atoms with E-state index in [4.69, 9.17) is 10.2 Å². The lowest BCUT2D eigenvalue weighted by Crippen LogP contribution is -2.29. The summed E-state index contributed by atoms with van der Waals surface area (Å²) < 4.78 is 2.04. The van der Waals surface area contributed by atoms with Crippen LogP contribution in [-0.4, -0.2) is 45.3 Å². The van der Waals surface area contributed by atoms with E-state index in [1.54, 1.807) is 19.2 Å².